The lowest BCUT2D eigenvalue weighted by Crippen LogP contribution is -2.48. The van der Waals surface area contributed by atoms with E-state index in [1.54, 1.807) is 51.4 Å². The molecule has 1 saturated heterocycles. The molecule has 2 heterocycles. The third-order valence-corrected chi connectivity index (χ3v) is 6.23. The van der Waals surface area contributed by atoms with Gasteiger partial charge in [-0.25, -0.2) is 4.98 Å². The maximum absolute atomic E-state index is 13.1. The molecule has 0 spiro atoms. The van der Waals surface area contributed by atoms with Crippen LogP contribution in [0.2, 0.25) is 0 Å². The third-order valence-electron chi connectivity index (χ3n) is 5.10. The Balaban J connectivity index is 1.64. The van der Waals surface area contributed by atoms with Gasteiger partial charge in [-0.1, -0.05) is 6.07 Å². The van der Waals surface area contributed by atoms with Gasteiger partial charge < -0.3 is 19.3 Å². The second kappa shape index (κ2) is 9.44. The number of rotatable bonds is 6. The van der Waals surface area contributed by atoms with Crippen molar-refractivity contribution in [2.24, 2.45) is 0 Å². The predicted molar refractivity (Wildman–Crippen MR) is 116 cm³/mol. The van der Waals surface area contributed by atoms with Crippen LogP contribution >= 0.6 is 11.3 Å². The highest BCUT2D eigenvalue weighted by molar-refractivity contribution is 7.13. The molecule has 0 atom stereocenters. The first-order valence-electron chi connectivity index (χ1n) is 9.76. The Morgan fingerprint density at radius 3 is 2.23 bits per heavy atom. The molecule has 1 aliphatic rings. The molecule has 0 unspecified atom stereocenters. The molecular formula is C21H28N4O4S. The van der Waals surface area contributed by atoms with E-state index in [1.807, 2.05) is 11.8 Å². The van der Waals surface area contributed by atoms with Crippen LogP contribution in [0.15, 0.2) is 18.2 Å². The lowest BCUT2D eigenvalue weighted by atomic mass is 10.1. The Morgan fingerprint density at radius 2 is 1.70 bits per heavy atom. The van der Waals surface area contributed by atoms with Gasteiger partial charge >= 0.3 is 0 Å². The Bertz CT molecular complexity index is 897. The zero-order valence-corrected chi connectivity index (χ0v) is 18.9. The Morgan fingerprint density at radius 1 is 1.10 bits per heavy atom. The number of methoxy groups -OCH3 is 2. The molecule has 1 fully saturated rings. The topological polar surface area (TPSA) is 75.2 Å². The van der Waals surface area contributed by atoms with Gasteiger partial charge in [-0.15, -0.1) is 11.3 Å². The summed E-state index contributed by atoms with van der Waals surface area (Å²) in [7, 11) is 6.59. The monoisotopic (exact) mass is 432 g/mol. The number of ether oxygens (including phenoxy) is 2. The van der Waals surface area contributed by atoms with Gasteiger partial charge in [-0.05, 0) is 19.1 Å². The number of hydrogen-bond acceptors (Lipinski definition) is 7. The average Bonchev–Trinajstić information content (AvgIpc) is 3.12. The van der Waals surface area contributed by atoms with Crippen LogP contribution in [-0.2, 0) is 6.54 Å². The molecule has 0 saturated carbocycles. The van der Waals surface area contributed by atoms with E-state index < -0.39 is 0 Å². The van der Waals surface area contributed by atoms with Gasteiger partial charge in [0.25, 0.3) is 11.8 Å². The number of thiazole rings is 1. The van der Waals surface area contributed by atoms with Crippen LogP contribution in [0.4, 0.5) is 0 Å². The van der Waals surface area contributed by atoms with Crippen LogP contribution in [0.25, 0.3) is 0 Å². The largest absolute Gasteiger partial charge is 0.496 e. The van der Waals surface area contributed by atoms with Crippen molar-refractivity contribution in [3.8, 4) is 11.5 Å². The van der Waals surface area contributed by atoms with E-state index in [-0.39, 0.29) is 11.8 Å². The molecule has 1 aliphatic heterocycles. The maximum Gasteiger partial charge on any atom is 0.265 e. The standard InChI is InChI=1S/C21H28N4O4S/c1-14-19(21(27)23(2)3)30-17(22-14)13-24-9-11-25(12-10-24)20(26)18-15(28-4)7-6-8-16(18)29-5/h6-8H,9-13H2,1-5H3. The van der Waals surface area contributed by atoms with E-state index in [2.05, 4.69) is 9.88 Å². The van der Waals surface area contributed by atoms with Crippen LogP contribution in [0.3, 0.4) is 0 Å². The molecule has 0 radical (unpaired) electrons. The second-order valence-corrected chi connectivity index (χ2v) is 8.41. The molecule has 9 heteroatoms. The zero-order chi connectivity index (χ0) is 21.8. The molecule has 0 bridgehead atoms. The van der Waals surface area contributed by atoms with E-state index in [1.165, 1.54) is 11.3 Å². The van der Waals surface area contributed by atoms with Crippen molar-refractivity contribution in [3.05, 3.63) is 39.3 Å². The summed E-state index contributed by atoms with van der Waals surface area (Å²) < 4.78 is 10.7. The first kappa shape index (κ1) is 22.0. The van der Waals surface area contributed by atoms with Crippen molar-refractivity contribution >= 4 is 23.2 Å². The number of aromatic nitrogens is 1. The molecule has 0 N–H and O–H groups in total. The van der Waals surface area contributed by atoms with E-state index in [9.17, 15) is 9.59 Å². The Kier molecular flexibility index (Phi) is 6.94. The van der Waals surface area contributed by atoms with Gasteiger partial charge in [0.15, 0.2) is 0 Å². The van der Waals surface area contributed by atoms with Crippen LogP contribution < -0.4 is 9.47 Å². The fourth-order valence-electron chi connectivity index (χ4n) is 3.44. The first-order chi connectivity index (χ1) is 14.3. The lowest BCUT2D eigenvalue weighted by Gasteiger charge is -2.34. The summed E-state index contributed by atoms with van der Waals surface area (Å²) in [4.78, 5) is 36.3. The van der Waals surface area contributed by atoms with E-state index in [4.69, 9.17) is 9.47 Å². The van der Waals surface area contributed by atoms with Gasteiger partial charge in [0.05, 0.1) is 26.5 Å². The number of hydrogen-bond donors (Lipinski definition) is 0. The average molecular weight is 433 g/mol. The van der Waals surface area contributed by atoms with Crippen molar-refractivity contribution in [1.29, 1.82) is 0 Å². The minimum atomic E-state index is -0.0899. The molecule has 162 valence electrons. The first-order valence-corrected chi connectivity index (χ1v) is 10.6. The summed E-state index contributed by atoms with van der Waals surface area (Å²) in [6, 6.07) is 5.34. The number of nitrogens with zero attached hydrogens (tertiary/aromatic N) is 4. The number of carbonyl (C=O) groups is 2. The predicted octanol–water partition coefficient (Wildman–Crippen LogP) is 2.13. The number of aryl methyl sites for hydroxylation is 1. The van der Waals surface area contributed by atoms with Gasteiger partial charge in [0.2, 0.25) is 0 Å². The zero-order valence-electron chi connectivity index (χ0n) is 18.1. The summed E-state index contributed by atoms with van der Waals surface area (Å²) in [5.74, 6) is 0.918. The molecule has 3 rings (SSSR count). The van der Waals surface area contributed by atoms with Gasteiger partial charge in [0, 0.05) is 40.3 Å². The summed E-state index contributed by atoms with van der Waals surface area (Å²) in [5, 5.41) is 0.920. The molecule has 1 aromatic carbocycles. The second-order valence-electron chi connectivity index (χ2n) is 7.33. The van der Waals surface area contributed by atoms with Crippen LogP contribution in [0.1, 0.15) is 30.7 Å². The van der Waals surface area contributed by atoms with Crippen molar-refractivity contribution in [2.45, 2.75) is 13.5 Å². The Labute approximate surface area is 181 Å². The van der Waals surface area contributed by atoms with E-state index in [0.29, 0.717) is 41.6 Å². The van der Waals surface area contributed by atoms with Gasteiger partial charge in [0.1, 0.15) is 26.9 Å². The van der Waals surface area contributed by atoms with Crippen molar-refractivity contribution in [1.82, 2.24) is 19.7 Å². The fourth-order valence-corrected chi connectivity index (χ4v) is 4.57. The summed E-state index contributed by atoms with van der Waals surface area (Å²) in [5.41, 5.74) is 1.23. The fraction of sp³-hybridized carbons (Fsp3) is 0.476. The highest BCUT2D eigenvalue weighted by Crippen LogP contribution is 2.30. The maximum atomic E-state index is 13.1. The van der Waals surface area contributed by atoms with E-state index in [0.717, 1.165) is 23.8 Å². The summed E-state index contributed by atoms with van der Waals surface area (Å²) in [6.45, 7) is 5.22. The third kappa shape index (κ3) is 4.57. The van der Waals surface area contributed by atoms with Crippen molar-refractivity contribution in [3.63, 3.8) is 0 Å². The van der Waals surface area contributed by atoms with Crippen LogP contribution in [-0.4, -0.2) is 86.0 Å². The molecule has 30 heavy (non-hydrogen) atoms. The molecule has 2 aromatic rings. The number of amides is 2. The Hall–Kier alpha value is -2.65. The summed E-state index contributed by atoms with van der Waals surface area (Å²) >= 11 is 1.45. The molecule has 1 aromatic heterocycles. The van der Waals surface area contributed by atoms with E-state index >= 15 is 0 Å². The SMILES string of the molecule is COc1cccc(OC)c1C(=O)N1CCN(Cc2nc(C)c(C(=O)N(C)C)s2)CC1. The lowest BCUT2D eigenvalue weighted by molar-refractivity contribution is 0.0621. The van der Waals surface area contributed by atoms with Crippen LogP contribution in [0, 0.1) is 6.92 Å². The normalized spacial score (nSPS) is 14.5. The van der Waals surface area contributed by atoms with Crippen molar-refractivity contribution < 1.29 is 19.1 Å². The molecule has 0 aliphatic carbocycles. The summed E-state index contributed by atoms with van der Waals surface area (Å²) in [6.07, 6.45) is 0. The molecule has 8 nitrogen and oxygen atoms in total. The smallest absolute Gasteiger partial charge is 0.265 e. The number of carbonyl (C=O) groups excluding carboxylic acids is 2. The minimum Gasteiger partial charge on any atom is -0.496 e. The van der Waals surface area contributed by atoms with Crippen molar-refractivity contribution in [2.75, 3.05) is 54.5 Å². The minimum absolute atomic E-state index is 0.0163. The quantitative estimate of drug-likeness (QED) is 0.696. The molecule has 2 amide bonds. The number of piperazine rings is 1. The molecular weight excluding hydrogens is 404 g/mol. The van der Waals surface area contributed by atoms with Gasteiger partial charge in [-0.3, -0.25) is 14.5 Å². The number of benzene rings is 1. The van der Waals surface area contributed by atoms with Crippen LogP contribution in [0.5, 0.6) is 11.5 Å². The highest BCUT2D eigenvalue weighted by Gasteiger charge is 2.27. The van der Waals surface area contributed by atoms with Gasteiger partial charge in [-0.2, -0.15) is 0 Å². The highest BCUT2D eigenvalue weighted by atomic mass is 32.1.